The summed E-state index contributed by atoms with van der Waals surface area (Å²) < 4.78 is 10.6. The molecule has 0 spiro atoms. The molecule has 15 heavy (non-hydrogen) atoms. The number of Topliss-reactive ketones (excluding diaryl/α,β-unsaturated/α-hetero) is 1. The van der Waals surface area contributed by atoms with E-state index < -0.39 is 0 Å². The molecule has 86 valence electrons. The van der Waals surface area contributed by atoms with Crippen molar-refractivity contribution in [3.05, 3.63) is 0 Å². The first kappa shape index (κ1) is 11.1. The van der Waals surface area contributed by atoms with Crippen molar-refractivity contribution in [1.82, 2.24) is 0 Å². The Kier molecular flexibility index (Phi) is 4.15. The number of ether oxygens (including phenoxy) is 2. The van der Waals surface area contributed by atoms with Crippen molar-refractivity contribution in [2.75, 3.05) is 26.4 Å². The molecule has 1 saturated carbocycles. The third kappa shape index (κ3) is 3.28. The standard InChI is InChI=1S/C12H20O3/c13-12(11-5-7-14-8-11)9-15-6-4-10-2-1-3-10/h10-11H,1-9H2. The molecule has 3 heteroatoms. The van der Waals surface area contributed by atoms with Crippen LogP contribution in [0, 0.1) is 11.8 Å². The maximum absolute atomic E-state index is 11.6. The Bertz CT molecular complexity index is 205. The van der Waals surface area contributed by atoms with Gasteiger partial charge in [-0.25, -0.2) is 0 Å². The zero-order valence-corrected chi connectivity index (χ0v) is 9.24. The first-order valence-corrected chi connectivity index (χ1v) is 6.04. The van der Waals surface area contributed by atoms with E-state index in [4.69, 9.17) is 9.47 Å². The van der Waals surface area contributed by atoms with Gasteiger partial charge in [0, 0.05) is 19.1 Å². The van der Waals surface area contributed by atoms with E-state index in [2.05, 4.69) is 0 Å². The van der Waals surface area contributed by atoms with E-state index >= 15 is 0 Å². The van der Waals surface area contributed by atoms with E-state index in [0.717, 1.165) is 32.0 Å². The van der Waals surface area contributed by atoms with Gasteiger partial charge in [0.25, 0.3) is 0 Å². The van der Waals surface area contributed by atoms with Crippen molar-refractivity contribution in [2.24, 2.45) is 11.8 Å². The molecule has 0 amide bonds. The summed E-state index contributed by atoms with van der Waals surface area (Å²) in [5, 5.41) is 0. The van der Waals surface area contributed by atoms with E-state index in [1.807, 2.05) is 0 Å². The van der Waals surface area contributed by atoms with Crippen molar-refractivity contribution in [1.29, 1.82) is 0 Å². The van der Waals surface area contributed by atoms with E-state index in [9.17, 15) is 4.79 Å². The molecule has 0 bridgehead atoms. The minimum atomic E-state index is 0.105. The Hall–Kier alpha value is -0.410. The third-order valence-electron chi connectivity index (χ3n) is 3.52. The summed E-state index contributed by atoms with van der Waals surface area (Å²) in [4.78, 5) is 11.6. The SMILES string of the molecule is O=C(COCCC1CCC1)C1CCOC1. The zero-order valence-electron chi connectivity index (χ0n) is 9.24. The van der Waals surface area contributed by atoms with Crippen LogP contribution in [-0.2, 0) is 14.3 Å². The fourth-order valence-corrected chi connectivity index (χ4v) is 2.11. The number of carbonyl (C=O) groups is 1. The first-order chi connectivity index (χ1) is 7.36. The highest BCUT2D eigenvalue weighted by atomic mass is 16.5. The average molecular weight is 212 g/mol. The third-order valence-corrected chi connectivity index (χ3v) is 3.52. The molecule has 0 aromatic carbocycles. The summed E-state index contributed by atoms with van der Waals surface area (Å²) in [6.07, 6.45) is 6.10. The van der Waals surface area contributed by atoms with E-state index in [1.54, 1.807) is 0 Å². The number of rotatable bonds is 6. The van der Waals surface area contributed by atoms with Crippen LogP contribution >= 0.6 is 0 Å². The van der Waals surface area contributed by atoms with Crippen LogP contribution in [0.15, 0.2) is 0 Å². The summed E-state index contributed by atoms with van der Waals surface area (Å²) in [6, 6.07) is 0. The van der Waals surface area contributed by atoms with Crippen LogP contribution in [0.5, 0.6) is 0 Å². The summed E-state index contributed by atoms with van der Waals surface area (Å²) >= 11 is 0. The maximum atomic E-state index is 11.6. The van der Waals surface area contributed by atoms with Crippen LogP contribution in [0.2, 0.25) is 0 Å². The molecule has 0 N–H and O–H groups in total. The van der Waals surface area contributed by atoms with Crippen LogP contribution in [-0.4, -0.2) is 32.2 Å². The van der Waals surface area contributed by atoms with Crippen molar-refractivity contribution in [2.45, 2.75) is 32.1 Å². The van der Waals surface area contributed by atoms with Crippen molar-refractivity contribution < 1.29 is 14.3 Å². The van der Waals surface area contributed by atoms with Gasteiger partial charge in [0.15, 0.2) is 5.78 Å². The van der Waals surface area contributed by atoms with Crippen molar-refractivity contribution in [3.63, 3.8) is 0 Å². The maximum Gasteiger partial charge on any atom is 0.163 e. The normalized spacial score (nSPS) is 26.5. The Labute approximate surface area is 91.1 Å². The summed E-state index contributed by atoms with van der Waals surface area (Å²) in [6.45, 7) is 2.38. The van der Waals surface area contributed by atoms with Crippen LogP contribution in [0.25, 0.3) is 0 Å². The number of hydrogen-bond acceptors (Lipinski definition) is 3. The zero-order chi connectivity index (χ0) is 10.5. The fraction of sp³-hybridized carbons (Fsp3) is 0.917. The summed E-state index contributed by atoms with van der Waals surface area (Å²) in [7, 11) is 0. The Morgan fingerprint density at radius 3 is 2.80 bits per heavy atom. The molecule has 0 aromatic rings. The van der Waals surface area contributed by atoms with Gasteiger partial charge >= 0.3 is 0 Å². The van der Waals surface area contributed by atoms with Gasteiger partial charge in [0.05, 0.1) is 6.61 Å². The second kappa shape index (κ2) is 5.61. The topological polar surface area (TPSA) is 35.5 Å². The highest BCUT2D eigenvalue weighted by molar-refractivity contribution is 5.82. The molecule has 2 rings (SSSR count). The molecule has 1 saturated heterocycles. The largest absolute Gasteiger partial charge is 0.381 e. The second-order valence-corrected chi connectivity index (χ2v) is 4.67. The molecule has 0 aromatic heterocycles. The van der Waals surface area contributed by atoms with Gasteiger partial charge < -0.3 is 9.47 Å². The van der Waals surface area contributed by atoms with Crippen LogP contribution in [0.3, 0.4) is 0 Å². The minimum absolute atomic E-state index is 0.105. The number of ketones is 1. The lowest BCUT2D eigenvalue weighted by atomic mass is 9.83. The van der Waals surface area contributed by atoms with Gasteiger partial charge in [-0.15, -0.1) is 0 Å². The smallest absolute Gasteiger partial charge is 0.163 e. The van der Waals surface area contributed by atoms with Crippen LogP contribution in [0.4, 0.5) is 0 Å². The number of carbonyl (C=O) groups excluding carboxylic acids is 1. The molecule has 1 aliphatic carbocycles. The Morgan fingerprint density at radius 2 is 2.20 bits per heavy atom. The molecular formula is C12H20O3. The Morgan fingerprint density at radius 1 is 1.33 bits per heavy atom. The lowest BCUT2D eigenvalue weighted by molar-refractivity contribution is -0.127. The van der Waals surface area contributed by atoms with Crippen LogP contribution < -0.4 is 0 Å². The molecule has 0 radical (unpaired) electrons. The molecular weight excluding hydrogens is 192 g/mol. The van der Waals surface area contributed by atoms with Gasteiger partial charge in [0.2, 0.25) is 0 Å². The molecule has 2 fully saturated rings. The van der Waals surface area contributed by atoms with Crippen LogP contribution in [0.1, 0.15) is 32.1 Å². The van der Waals surface area contributed by atoms with Crippen molar-refractivity contribution in [3.8, 4) is 0 Å². The van der Waals surface area contributed by atoms with E-state index in [-0.39, 0.29) is 11.7 Å². The summed E-state index contributed by atoms with van der Waals surface area (Å²) in [5.41, 5.74) is 0. The average Bonchev–Trinajstić information content (AvgIpc) is 2.67. The monoisotopic (exact) mass is 212 g/mol. The second-order valence-electron chi connectivity index (χ2n) is 4.67. The highest BCUT2D eigenvalue weighted by Gasteiger charge is 2.23. The van der Waals surface area contributed by atoms with Crippen molar-refractivity contribution >= 4 is 5.78 Å². The molecule has 1 heterocycles. The predicted molar refractivity (Wildman–Crippen MR) is 56.7 cm³/mol. The lowest BCUT2D eigenvalue weighted by Gasteiger charge is -2.24. The summed E-state index contributed by atoms with van der Waals surface area (Å²) in [5.74, 6) is 1.20. The van der Waals surface area contributed by atoms with Gasteiger partial charge in [0.1, 0.15) is 6.61 Å². The minimum Gasteiger partial charge on any atom is -0.381 e. The van der Waals surface area contributed by atoms with Gasteiger partial charge in [-0.3, -0.25) is 4.79 Å². The lowest BCUT2D eigenvalue weighted by Crippen LogP contribution is -2.21. The molecule has 1 atom stereocenters. The molecule has 1 unspecified atom stereocenters. The molecule has 1 aliphatic heterocycles. The molecule has 3 nitrogen and oxygen atoms in total. The highest BCUT2D eigenvalue weighted by Crippen LogP contribution is 2.29. The predicted octanol–water partition coefficient (Wildman–Crippen LogP) is 1.80. The van der Waals surface area contributed by atoms with E-state index in [0.29, 0.717) is 13.2 Å². The number of hydrogen-bond donors (Lipinski definition) is 0. The van der Waals surface area contributed by atoms with E-state index in [1.165, 1.54) is 19.3 Å². The Balaban J connectivity index is 1.50. The first-order valence-electron chi connectivity index (χ1n) is 6.04. The van der Waals surface area contributed by atoms with Gasteiger partial charge in [-0.1, -0.05) is 19.3 Å². The quantitative estimate of drug-likeness (QED) is 0.630. The van der Waals surface area contributed by atoms with Gasteiger partial charge in [-0.2, -0.15) is 0 Å². The molecule has 2 aliphatic rings. The fourth-order valence-electron chi connectivity index (χ4n) is 2.11. The van der Waals surface area contributed by atoms with Gasteiger partial charge in [-0.05, 0) is 18.8 Å².